The van der Waals surface area contributed by atoms with E-state index in [9.17, 15) is 0 Å². The van der Waals surface area contributed by atoms with E-state index in [1.807, 2.05) is 6.07 Å². The number of nitrogen functional groups attached to an aromatic ring is 1. The van der Waals surface area contributed by atoms with Crippen molar-refractivity contribution in [2.45, 2.75) is 13.5 Å². The van der Waals surface area contributed by atoms with E-state index in [4.69, 9.17) is 5.73 Å². The Morgan fingerprint density at radius 1 is 1.47 bits per heavy atom. The minimum atomic E-state index is 0.466. The Hall–Kier alpha value is -2.37. The number of nitrogens with zero attached hydrogens (tertiary/aromatic N) is 4. The molecule has 3 N–H and O–H groups in total. The van der Waals surface area contributed by atoms with Crippen molar-refractivity contribution >= 4 is 16.9 Å². The molecule has 0 bridgehead atoms. The lowest BCUT2D eigenvalue weighted by Crippen LogP contribution is -1.97. The Morgan fingerprint density at radius 3 is 3.06 bits per heavy atom. The van der Waals surface area contributed by atoms with Crippen molar-refractivity contribution in [3.8, 4) is 11.5 Å². The van der Waals surface area contributed by atoms with Crippen molar-refractivity contribution in [2.24, 2.45) is 0 Å². The fourth-order valence-electron chi connectivity index (χ4n) is 1.96. The summed E-state index contributed by atoms with van der Waals surface area (Å²) in [4.78, 5) is 8.61. The molecule has 0 aliphatic heterocycles. The first-order valence-corrected chi connectivity index (χ1v) is 5.41. The topological polar surface area (TPSA) is 85.4 Å². The molecule has 6 nitrogen and oxygen atoms in total. The predicted molar refractivity (Wildman–Crippen MR) is 65.2 cm³/mol. The first kappa shape index (κ1) is 9.83. The number of hydrogen-bond acceptors (Lipinski definition) is 4. The average molecular weight is 228 g/mol. The molecule has 0 spiro atoms. The second-order valence-corrected chi connectivity index (χ2v) is 3.75. The first-order valence-electron chi connectivity index (χ1n) is 5.41. The Kier molecular flexibility index (Phi) is 2.07. The standard InChI is InChI=1S/C11H12N6/c1-2-17-9-3-4-13-6-8(9)14-11(17)7-5-10(12)16-15-7/h3-6H,2H2,1H3,(H3,12,15,16). The van der Waals surface area contributed by atoms with Crippen LogP contribution in [-0.4, -0.2) is 24.7 Å². The van der Waals surface area contributed by atoms with Gasteiger partial charge in [0.2, 0.25) is 0 Å². The third-order valence-corrected chi connectivity index (χ3v) is 2.71. The molecule has 0 saturated heterocycles. The highest BCUT2D eigenvalue weighted by molar-refractivity contribution is 5.79. The lowest BCUT2D eigenvalue weighted by molar-refractivity contribution is 0.792. The van der Waals surface area contributed by atoms with E-state index in [2.05, 4.69) is 31.7 Å². The number of H-pyrrole nitrogens is 1. The van der Waals surface area contributed by atoms with Crippen LogP contribution < -0.4 is 5.73 Å². The molecule has 0 unspecified atom stereocenters. The number of aromatic nitrogens is 5. The number of nitrogens with one attached hydrogen (secondary N) is 1. The monoisotopic (exact) mass is 228 g/mol. The predicted octanol–water partition coefficient (Wildman–Crippen LogP) is 1.42. The number of rotatable bonds is 2. The van der Waals surface area contributed by atoms with Gasteiger partial charge in [-0.05, 0) is 13.0 Å². The molecule has 3 rings (SSSR count). The second-order valence-electron chi connectivity index (χ2n) is 3.75. The molecule has 3 heterocycles. The number of hydrogen-bond donors (Lipinski definition) is 2. The maximum absolute atomic E-state index is 5.61. The van der Waals surface area contributed by atoms with E-state index in [0.29, 0.717) is 5.82 Å². The third kappa shape index (κ3) is 1.45. The van der Waals surface area contributed by atoms with Gasteiger partial charge in [0.25, 0.3) is 0 Å². The van der Waals surface area contributed by atoms with Gasteiger partial charge in [-0.25, -0.2) is 4.98 Å². The molecule has 0 atom stereocenters. The number of aryl methyl sites for hydroxylation is 1. The highest BCUT2D eigenvalue weighted by Gasteiger charge is 2.12. The number of pyridine rings is 1. The SMILES string of the molecule is CCn1c(-c2cc(N)n[nH]2)nc2cnccc21. The lowest BCUT2D eigenvalue weighted by Gasteiger charge is -2.02. The van der Waals surface area contributed by atoms with Crippen molar-refractivity contribution in [1.29, 1.82) is 0 Å². The summed E-state index contributed by atoms with van der Waals surface area (Å²) in [7, 11) is 0. The van der Waals surface area contributed by atoms with Gasteiger partial charge in [-0.2, -0.15) is 5.10 Å². The molecule has 0 saturated carbocycles. The summed E-state index contributed by atoms with van der Waals surface area (Å²) >= 11 is 0. The molecule has 3 aromatic rings. The molecule has 0 radical (unpaired) electrons. The summed E-state index contributed by atoms with van der Waals surface area (Å²) in [5, 5.41) is 6.80. The van der Waals surface area contributed by atoms with Crippen molar-refractivity contribution in [3.63, 3.8) is 0 Å². The Morgan fingerprint density at radius 2 is 2.35 bits per heavy atom. The van der Waals surface area contributed by atoms with E-state index < -0.39 is 0 Å². The highest BCUT2D eigenvalue weighted by atomic mass is 15.2. The van der Waals surface area contributed by atoms with Gasteiger partial charge in [-0.3, -0.25) is 10.1 Å². The summed E-state index contributed by atoms with van der Waals surface area (Å²) in [6, 6.07) is 3.73. The van der Waals surface area contributed by atoms with Crippen molar-refractivity contribution in [3.05, 3.63) is 24.5 Å². The number of fused-ring (bicyclic) bond motifs is 1. The third-order valence-electron chi connectivity index (χ3n) is 2.71. The minimum Gasteiger partial charge on any atom is -0.382 e. The summed E-state index contributed by atoms with van der Waals surface area (Å²) in [6.45, 7) is 2.90. The normalized spacial score (nSPS) is 11.1. The van der Waals surface area contributed by atoms with Gasteiger partial charge in [0.1, 0.15) is 17.0 Å². The van der Waals surface area contributed by atoms with Crippen LogP contribution in [0.3, 0.4) is 0 Å². The van der Waals surface area contributed by atoms with E-state index in [1.165, 1.54) is 0 Å². The molecular formula is C11H12N6. The first-order chi connectivity index (χ1) is 8.29. The average Bonchev–Trinajstić information content (AvgIpc) is 2.91. The lowest BCUT2D eigenvalue weighted by atomic mass is 10.4. The van der Waals surface area contributed by atoms with Gasteiger partial charge in [0.05, 0.1) is 11.7 Å². The highest BCUT2D eigenvalue weighted by Crippen LogP contribution is 2.23. The zero-order chi connectivity index (χ0) is 11.8. The van der Waals surface area contributed by atoms with Crippen molar-refractivity contribution in [2.75, 3.05) is 5.73 Å². The van der Waals surface area contributed by atoms with Gasteiger partial charge in [0.15, 0.2) is 5.82 Å². The summed E-state index contributed by atoms with van der Waals surface area (Å²) in [5.74, 6) is 1.30. The quantitative estimate of drug-likeness (QED) is 0.694. The fourth-order valence-corrected chi connectivity index (χ4v) is 1.96. The van der Waals surface area contributed by atoms with Crippen LogP contribution in [0.4, 0.5) is 5.82 Å². The zero-order valence-corrected chi connectivity index (χ0v) is 9.38. The molecule has 0 aromatic carbocycles. The number of nitrogens with two attached hydrogens (primary N) is 1. The van der Waals surface area contributed by atoms with Crippen LogP contribution in [0.1, 0.15) is 6.92 Å². The van der Waals surface area contributed by atoms with E-state index in [0.717, 1.165) is 29.1 Å². The molecule has 6 heteroatoms. The van der Waals surface area contributed by atoms with Crippen LogP contribution in [0.15, 0.2) is 24.5 Å². The van der Waals surface area contributed by atoms with E-state index in [1.54, 1.807) is 18.5 Å². The Bertz CT molecular complexity index is 665. The molecule has 86 valence electrons. The maximum Gasteiger partial charge on any atom is 0.159 e. The minimum absolute atomic E-state index is 0.466. The van der Waals surface area contributed by atoms with Gasteiger partial charge in [0, 0.05) is 18.8 Å². The van der Waals surface area contributed by atoms with Crippen LogP contribution in [0.5, 0.6) is 0 Å². The van der Waals surface area contributed by atoms with Gasteiger partial charge in [-0.15, -0.1) is 0 Å². The van der Waals surface area contributed by atoms with Crippen LogP contribution in [0.2, 0.25) is 0 Å². The summed E-state index contributed by atoms with van der Waals surface area (Å²) < 4.78 is 2.10. The molecule has 3 aromatic heterocycles. The molecule has 0 amide bonds. The Labute approximate surface area is 97.5 Å². The number of aromatic amines is 1. The zero-order valence-electron chi connectivity index (χ0n) is 9.38. The van der Waals surface area contributed by atoms with Gasteiger partial charge in [-0.1, -0.05) is 0 Å². The fraction of sp³-hybridized carbons (Fsp3) is 0.182. The Balaban J connectivity index is 2.29. The van der Waals surface area contributed by atoms with Crippen LogP contribution in [0.25, 0.3) is 22.6 Å². The van der Waals surface area contributed by atoms with Gasteiger partial charge >= 0.3 is 0 Å². The maximum atomic E-state index is 5.61. The van der Waals surface area contributed by atoms with Crippen molar-refractivity contribution in [1.82, 2.24) is 24.7 Å². The van der Waals surface area contributed by atoms with Crippen LogP contribution in [0, 0.1) is 0 Å². The summed E-state index contributed by atoms with van der Waals surface area (Å²) in [5.41, 5.74) is 8.36. The smallest absolute Gasteiger partial charge is 0.159 e. The van der Waals surface area contributed by atoms with E-state index in [-0.39, 0.29) is 0 Å². The largest absolute Gasteiger partial charge is 0.382 e. The van der Waals surface area contributed by atoms with Crippen LogP contribution in [-0.2, 0) is 6.54 Å². The van der Waals surface area contributed by atoms with E-state index >= 15 is 0 Å². The van der Waals surface area contributed by atoms with Gasteiger partial charge < -0.3 is 10.3 Å². The van der Waals surface area contributed by atoms with Crippen LogP contribution >= 0.6 is 0 Å². The molecule has 0 aliphatic carbocycles. The molecular weight excluding hydrogens is 216 g/mol. The molecule has 0 fully saturated rings. The second kappa shape index (κ2) is 3.58. The van der Waals surface area contributed by atoms with Crippen molar-refractivity contribution < 1.29 is 0 Å². The number of anilines is 1. The molecule has 0 aliphatic rings. The summed E-state index contributed by atoms with van der Waals surface area (Å²) in [6.07, 6.45) is 3.52. The number of imidazole rings is 1. The molecule has 17 heavy (non-hydrogen) atoms.